The SMILES string of the molecule is CC1(C)C2CCC1(C)C(O)C2NC(=O)OCc1ccccc1. The molecule has 2 saturated carbocycles. The van der Waals surface area contributed by atoms with E-state index in [1.54, 1.807) is 0 Å². The van der Waals surface area contributed by atoms with Crippen LogP contribution >= 0.6 is 0 Å². The summed E-state index contributed by atoms with van der Waals surface area (Å²) in [7, 11) is 0. The van der Waals surface area contributed by atoms with Crippen molar-refractivity contribution in [1.29, 1.82) is 0 Å². The van der Waals surface area contributed by atoms with Crippen LogP contribution in [0.5, 0.6) is 0 Å². The number of aliphatic hydroxyl groups excluding tert-OH is 1. The fourth-order valence-corrected chi connectivity index (χ4v) is 4.42. The third-order valence-corrected chi connectivity index (χ3v) is 6.30. The summed E-state index contributed by atoms with van der Waals surface area (Å²) in [6, 6.07) is 9.39. The molecule has 2 fully saturated rings. The number of amides is 1. The number of aliphatic hydroxyl groups is 1. The molecule has 0 heterocycles. The lowest BCUT2D eigenvalue weighted by atomic mass is 9.70. The fourth-order valence-electron chi connectivity index (χ4n) is 4.42. The minimum atomic E-state index is -0.509. The minimum absolute atomic E-state index is 0.0315. The number of carbonyl (C=O) groups excluding carboxylic acids is 1. The van der Waals surface area contributed by atoms with Crippen molar-refractivity contribution in [1.82, 2.24) is 5.32 Å². The smallest absolute Gasteiger partial charge is 0.407 e. The molecule has 22 heavy (non-hydrogen) atoms. The lowest BCUT2D eigenvalue weighted by molar-refractivity contribution is -0.000402. The molecule has 0 saturated heterocycles. The molecule has 4 nitrogen and oxygen atoms in total. The van der Waals surface area contributed by atoms with Crippen LogP contribution in [-0.2, 0) is 11.3 Å². The van der Waals surface area contributed by atoms with Gasteiger partial charge in [0.25, 0.3) is 0 Å². The Labute approximate surface area is 131 Å². The van der Waals surface area contributed by atoms with Gasteiger partial charge in [0, 0.05) is 5.41 Å². The van der Waals surface area contributed by atoms with Crippen LogP contribution in [0.4, 0.5) is 4.79 Å². The zero-order valence-corrected chi connectivity index (χ0v) is 13.5. The van der Waals surface area contributed by atoms with E-state index in [1.165, 1.54) is 0 Å². The topological polar surface area (TPSA) is 58.6 Å². The molecule has 4 heteroatoms. The first-order valence-electron chi connectivity index (χ1n) is 8.01. The standard InChI is InChI=1S/C18H25NO3/c1-17(2)13-9-10-18(17,3)15(20)14(13)19-16(21)22-11-12-7-5-4-6-8-12/h4-8,13-15,20H,9-11H2,1-3H3,(H,19,21). The van der Waals surface area contributed by atoms with Crippen molar-refractivity contribution in [3.63, 3.8) is 0 Å². The molecular weight excluding hydrogens is 278 g/mol. The Balaban J connectivity index is 1.61. The highest BCUT2D eigenvalue weighted by molar-refractivity contribution is 5.68. The average molecular weight is 303 g/mol. The van der Waals surface area contributed by atoms with Crippen molar-refractivity contribution in [2.75, 3.05) is 0 Å². The van der Waals surface area contributed by atoms with Gasteiger partial charge in [-0.1, -0.05) is 51.1 Å². The van der Waals surface area contributed by atoms with Crippen LogP contribution in [0, 0.1) is 16.7 Å². The quantitative estimate of drug-likeness (QED) is 0.902. The third kappa shape index (κ3) is 2.21. The maximum atomic E-state index is 12.1. The van der Waals surface area contributed by atoms with Gasteiger partial charge in [-0.2, -0.15) is 0 Å². The zero-order valence-electron chi connectivity index (χ0n) is 13.5. The number of rotatable bonds is 3. The van der Waals surface area contributed by atoms with Crippen LogP contribution < -0.4 is 5.32 Å². The highest BCUT2D eigenvalue weighted by Gasteiger charge is 2.66. The first-order valence-corrected chi connectivity index (χ1v) is 8.01. The van der Waals surface area contributed by atoms with Gasteiger partial charge in [-0.25, -0.2) is 4.79 Å². The van der Waals surface area contributed by atoms with Crippen LogP contribution in [0.2, 0.25) is 0 Å². The van der Waals surface area contributed by atoms with E-state index < -0.39 is 12.2 Å². The van der Waals surface area contributed by atoms with Crippen LogP contribution in [-0.4, -0.2) is 23.3 Å². The second kappa shape index (κ2) is 5.27. The minimum Gasteiger partial charge on any atom is -0.445 e. The second-order valence-corrected chi connectivity index (χ2v) is 7.46. The van der Waals surface area contributed by atoms with Crippen LogP contribution in [0.1, 0.15) is 39.2 Å². The van der Waals surface area contributed by atoms with Gasteiger partial charge in [-0.15, -0.1) is 0 Å². The number of hydrogen-bond acceptors (Lipinski definition) is 3. The van der Waals surface area contributed by atoms with Crippen molar-refractivity contribution in [3.8, 4) is 0 Å². The van der Waals surface area contributed by atoms with Crippen LogP contribution in [0.25, 0.3) is 0 Å². The van der Waals surface area contributed by atoms with Crippen LogP contribution in [0.3, 0.4) is 0 Å². The fraction of sp³-hybridized carbons (Fsp3) is 0.611. The maximum Gasteiger partial charge on any atom is 0.407 e. The number of fused-ring (bicyclic) bond motifs is 2. The van der Waals surface area contributed by atoms with Crippen LogP contribution in [0.15, 0.2) is 30.3 Å². The number of nitrogens with one attached hydrogen (secondary N) is 1. The molecule has 120 valence electrons. The molecule has 4 unspecified atom stereocenters. The van der Waals surface area contributed by atoms with Crippen molar-refractivity contribution in [3.05, 3.63) is 35.9 Å². The van der Waals surface area contributed by atoms with Crippen molar-refractivity contribution in [2.45, 2.75) is 52.4 Å². The van der Waals surface area contributed by atoms with Gasteiger partial charge < -0.3 is 15.2 Å². The normalized spacial score (nSPS) is 35.4. The molecule has 3 rings (SSSR count). The predicted molar refractivity (Wildman–Crippen MR) is 84.2 cm³/mol. The Morgan fingerprint density at radius 2 is 2.00 bits per heavy atom. The highest BCUT2D eigenvalue weighted by Crippen LogP contribution is 2.65. The molecule has 4 atom stereocenters. The van der Waals surface area contributed by atoms with E-state index in [-0.39, 0.29) is 23.5 Å². The number of benzene rings is 1. The van der Waals surface area contributed by atoms with Gasteiger partial charge in [-0.05, 0) is 29.7 Å². The summed E-state index contributed by atoms with van der Waals surface area (Å²) in [4.78, 5) is 12.1. The second-order valence-electron chi connectivity index (χ2n) is 7.46. The monoisotopic (exact) mass is 303 g/mol. The van der Waals surface area contributed by atoms with E-state index in [0.29, 0.717) is 5.92 Å². The van der Waals surface area contributed by atoms with Gasteiger partial charge in [0.1, 0.15) is 6.61 Å². The molecule has 1 amide bonds. The molecule has 2 aliphatic carbocycles. The number of hydrogen-bond donors (Lipinski definition) is 2. The Morgan fingerprint density at radius 1 is 1.32 bits per heavy atom. The number of carbonyl (C=O) groups is 1. The van der Waals surface area contributed by atoms with Gasteiger partial charge in [0.2, 0.25) is 0 Å². The maximum absolute atomic E-state index is 12.1. The summed E-state index contributed by atoms with van der Waals surface area (Å²) in [5.74, 6) is 0.303. The Morgan fingerprint density at radius 3 is 2.59 bits per heavy atom. The summed E-state index contributed by atoms with van der Waals surface area (Å²) >= 11 is 0. The van der Waals surface area contributed by atoms with E-state index in [9.17, 15) is 9.90 Å². The van der Waals surface area contributed by atoms with Crippen molar-refractivity contribution in [2.24, 2.45) is 16.7 Å². The largest absolute Gasteiger partial charge is 0.445 e. The van der Waals surface area contributed by atoms with Gasteiger partial charge >= 0.3 is 6.09 Å². The predicted octanol–water partition coefficient (Wildman–Crippen LogP) is 3.10. The van der Waals surface area contributed by atoms with Gasteiger partial charge in [0.15, 0.2) is 0 Å². The van der Waals surface area contributed by atoms with E-state index in [4.69, 9.17) is 4.74 Å². The summed E-state index contributed by atoms with van der Waals surface area (Å²) < 4.78 is 5.29. The van der Waals surface area contributed by atoms with E-state index in [1.807, 2.05) is 30.3 Å². The van der Waals surface area contributed by atoms with E-state index >= 15 is 0 Å². The zero-order chi connectivity index (χ0) is 16.0. The molecular formula is C18H25NO3. The summed E-state index contributed by atoms with van der Waals surface area (Å²) in [5.41, 5.74) is 0.859. The van der Waals surface area contributed by atoms with Crippen molar-refractivity contribution >= 4 is 6.09 Å². The molecule has 1 aromatic carbocycles. The Hall–Kier alpha value is -1.55. The molecule has 1 aromatic rings. The summed E-state index contributed by atoms with van der Waals surface area (Å²) in [6.45, 7) is 6.78. The van der Waals surface area contributed by atoms with E-state index in [0.717, 1.165) is 18.4 Å². The molecule has 0 aromatic heterocycles. The third-order valence-electron chi connectivity index (χ3n) is 6.30. The molecule has 2 bridgehead atoms. The molecule has 0 spiro atoms. The molecule has 2 aliphatic rings. The average Bonchev–Trinajstić information content (AvgIpc) is 2.80. The highest BCUT2D eigenvalue weighted by atomic mass is 16.5. The van der Waals surface area contributed by atoms with E-state index in [2.05, 4.69) is 26.1 Å². The Kier molecular flexibility index (Phi) is 3.68. The first-order chi connectivity index (χ1) is 10.4. The van der Waals surface area contributed by atoms with Crippen molar-refractivity contribution < 1.29 is 14.6 Å². The van der Waals surface area contributed by atoms with Gasteiger partial charge in [-0.3, -0.25) is 0 Å². The summed E-state index contributed by atoms with van der Waals surface area (Å²) in [5, 5.41) is 13.5. The summed E-state index contributed by atoms with van der Waals surface area (Å²) in [6.07, 6.45) is 1.11. The molecule has 0 radical (unpaired) electrons. The molecule has 0 aliphatic heterocycles. The molecule has 2 N–H and O–H groups in total. The van der Waals surface area contributed by atoms with Gasteiger partial charge in [0.05, 0.1) is 12.1 Å². The lowest BCUT2D eigenvalue weighted by Gasteiger charge is -2.37. The lowest BCUT2D eigenvalue weighted by Crippen LogP contribution is -2.49. The Bertz CT molecular complexity index is 557. The number of ether oxygens (including phenoxy) is 1. The first kappa shape index (κ1) is 15.3. The number of alkyl carbamates (subject to hydrolysis) is 1.